The number of ether oxygens (including phenoxy) is 2. The number of halogens is 6. The fraction of sp³-hybridized carbons (Fsp3) is 0.640. The predicted molar refractivity (Wildman–Crippen MR) is 134 cm³/mol. The zero-order valence-corrected chi connectivity index (χ0v) is 22.5. The second kappa shape index (κ2) is 10.3. The molecule has 0 saturated heterocycles. The minimum Gasteiger partial charge on any atom is -0.486 e. The van der Waals surface area contributed by atoms with Crippen LogP contribution in [0.3, 0.4) is 0 Å². The molecule has 0 spiro atoms. The van der Waals surface area contributed by atoms with Crippen molar-refractivity contribution in [3.63, 3.8) is 0 Å². The summed E-state index contributed by atoms with van der Waals surface area (Å²) in [7, 11) is 0. The van der Waals surface area contributed by atoms with E-state index in [1.54, 1.807) is 6.92 Å². The van der Waals surface area contributed by atoms with Crippen LogP contribution in [0.4, 0.5) is 23.4 Å². The summed E-state index contributed by atoms with van der Waals surface area (Å²) < 4.78 is 69.4. The first-order valence-corrected chi connectivity index (χ1v) is 13.6. The van der Waals surface area contributed by atoms with Crippen molar-refractivity contribution in [2.45, 2.75) is 76.6 Å². The summed E-state index contributed by atoms with van der Waals surface area (Å²) >= 11 is 9.55. The third-order valence-corrected chi connectivity index (χ3v) is 9.41. The Labute approximate surface area is 225 Å². The van der Waals surface area contributed by atoms with Crippen LogP contribution in [-0.4, -0.2) is 47.9 Å². The van der Waals surface area contributed by atoms with Crippen LogP contribution in [-0.2, 0) is 0 Å². The van der Waals surface area contributed by atoms with Crippen molar-refractivity contribution < 1.29 is 27.0 Å². The van der Waals surface area contributed by atoms with E-state index in [0.717, 1.165) is 25.7 Å². The fourth-order valence-corrected chi connectivity index (χ4v) is 6.91. The number of anilines is 1. The van der Waals surface area contributed by atoms with E-state index in [1.165, 1.54) is 4.90 Å². The number of nitriles is 1. The summed E-state index contributed by atoms with van der Waals surface area (Å²) in [5.41, 5.74) is -0.569. The highest BCUT2D eigenvalue weighted by atomic mass is 79.9. The third kappa shape index (κ3) is 4.69. The van der Waals surface area contributed by atoms with Crippen molar-refractivity contribution in [1.82, 2.24) is 9.97 Å². The van der Waals surface area contributed by atoms with Crippen LogP contribution < -0.4 is 14.4 Å². The first-order chi connectivity index (χ1) is 17.6. The molecule has 0 N–H and O–H groups in total. The summed E-state index contributed by atoms with van der Waals surface area (Å²) in [6, 6.07) is 0.991. The van der Waals surface area contributed by atoms with Crippen molar-refractivity contribution in [3.05, 3.63) is 15.3 Å². The third-order valence-electron chi connectivity index (χ3n) is 8.08. The van der Waals surface area contributed by atoms with E-state index in [0.29, 0.717) is 18.8 Å². The van der Waals surface area contributed by atoms with Crippen molar-refractivity contribution in [3.8, 4) is 17.8 Å². The van der Waals surface area contributed by atoms with E-state index >= 15 is 4.39 Å². The molecule has 0 bridgehead atoms. The fourth-order valence-electron chi connectivity index (χ4n) is 6.32. The molecular weight excluding hydrogens is 580 g/mol. The Bertz CT molecular complexity index is 1250. The number of benzene rings is 1. The molecule has 2 saturated carbocycles. The molecular formula is C25H26BrClF4N4O2. The highest BCUT2D eigenvalue weighted by Crippen LogP contribution is 2.53. The van der Waals surface area contributed by atoms with Crippen LogP contribution in [0.15, 0.2) is 4.47 Å². The van der Waals surface area contributed by atoms with E-state index in [1.807, 2.05) is 6.07 Å². The Morgan fingerprint density at radius 3 is 2.84 bits per heavy atom. The average molecular weight is 606 g/mol. The molecule has 1 aromatic carbocycles. The summed E-state index contributed by atoms with van der Waals surface area (Å²) in [6.07, 6.45) is -0.108. The van der Waals surface area contributed by atoms with Gasteiger partial charge in [-0.05, 0) is 60.9 Å². The van der Waals surface area contributed by atoms with Gasteiger partial charge in [-0.25, -0.2) is 17.6 Å². The molecule has 1 aliphatic heterocycles. The normalized spacial score (nSPS) is 29.1. The lowest BCUT2D eigenvalue weighted by Crippen LogP contribution is -2.46. The van der Waals surface area contributed by atoms with Crippen molar-refractivity contribution in [2.75, 3.05) is 18.1 Å². The molecule has 37 heavy (non-hydrogen) atoms. The first-order valence-electron chi connectivity index (χ1n) is 12.4. The van der Waals surface area contributed by atoms with Gasteiger partial charge in [-0.2, -0.15) is 15.2 Å². The van der Waals surface area contributed by atoms with Gasteiger partial charge >= 0.3 is 6.01 Å². The van der Waals surface area contributed by atoms with E-state index in [9.17, 15) is 18.4 Å². The lowest BCUT2D eigenvalue weighted by molar-refractivity contribution is 0.0176. The molecule has 3 aliphatic rings. The number of rotatable bonds is 6. The van der Waals surface area contributed by atoms with Gasteiger partial charge in [-0.3, -0.25) is 0 Å². The van der Waals surface area contributed by atoms with Gasteiger partial charge in [0.2, 0.25) is 0 Å². The van der Waals surface area contributed by atoms with Crippen molar-refractivity contribution >= 4 is 44.3 Å². The maximum absolute atomic E-state index is 15.5. The molecule has 2 aromatic rings. The van der Waals surface area contributed by atoms with Gasteiger partial charge in [-0.15, -0.1) is 0 Å². The van der Waals surface area contributed by atoms with Crippen molar-refractivity contribution in [1.29, 1.82) is 5.26 Å². The van der Waals surface area contributed by atoms with E-state index in [2.05, 4.69) is 25.9 Å². The Morgan fingerprint density at radius 2 is 2.11 bits per heavy atom. The topological polar surface area (TPSA) is 71.3 Å². The van der Waals surface area contributed by atoms with E-state index in [-0.39, 0.29) is 56.4 Å². The second-order valence-corrected chi connectivity index (χ2v) is 11.4. The SMILES string of the molecule is CC1Oc2c(Cl)c(Br)c(F)c3nc(OC[C@@]45CCCC4CC[C@H](F)C5)nc(c23)N(CC(F)F)C1CC#N. The maximum Gasteiger partial charge on any atom is 0.319 e. The van der Waals surface area contributed by atoms with Crippen LogP contribution in [0.25, 0.3) is 10.9 Å². The average Bonchev–Trinajstić information content (AvgIpc) is 3.24. The lowest BCUT2D eigenvalue weighted by atomic mass is 9.68. The monoisotopic (exact) mass is 604 g/mol. The molecule has 6 nitrogen and oxygen atoms in total. The second-order valence-electron chi connectivity index (χ2n) is 10.2. The standard InChI is InChI=1S/C25H26BrClF4N4O2/c1-12-15(6-8-32)35(10-16(29)30)23-17-21(20(31)18(26)19(27)22(17)37-12)33-24(34-23)36-11-25-7-2-3-13(25)4-5-14(28)9-25/h12-16H,2-7,9-11H2,1H3/t12?,13?,14-,15?,25-/m0/s1. The molecule has 5 rings (SSSR count). The predicted octanol–water partition coefficient (Wildman–Crippen LogP) is 7.01. The largest absolute Gasteiger partial charge is 0.486 e. The number of fused-ring (bicyclic) bond motifs is 1. The quantitative estimate of drug-likeness (QED) is 0.261. The zero-order valence-electron chi connectivity index (χ0n) is 20.1. The molecule has 2 aliphatic carbocycles. The van der Waals surface area contributed by atoms with Gasteiger partial charge in [0.15, 0.2) is 11.6 Å². The Balaban J connectivity index is 1.63. The minimum atomic E-state index is -2.78. The van der Waals surface area contributed by atoms with Gasteiger partial charge in [0, 0.05) is 5.41 Å². The van der Waals surface area contributed by atoms with Gasteiger partial charge in [0.05, 0.1) is 41.5 Å². The van der Waals surface area contributed by atoms with Gasteiger partial charge in [0.25, 0.3) is 6.43 Å². The smallest absolute Gasteiger partial charge is 0.319 e. The minimum absolute atomic E-state index is 0.0318. The van der Waals surface area contributed by atoms with Crippen LogP contribution in [0.1, 0.15) is 51.9 Å². The van der Waals surface area contributed by atoms with E-state index < -0.39 is 37.1 Å². The van der Waals surface area contributed by atoms with Crippen molar-refractivity contribution in [2.24, 2.45) is 11.3 Å². The molecule has 0 amide bonds. The summed E-state index contributed by atoms with van der Waals surface area (Å²) in [5.74, 6) is -0.494. The maximum atomic E-state index is 15.5. The summed E-state index contributed by atoms with van der Waals surface area (Å²) in [5, 5.41) is 9.37. The van der Waals surface area contributed by atoms with Crippen LogP contribution in [0, 0.1) is 28.5 Å². The van der Waals surface area contributed by atoms with Crippen LogP contribution in [0.5, 0.6) is 11.8 Å². The zero-order chi connectivity index (χ0) is 26.5. The lowest BCUT2D eigenvalue weighted by Gasteiger charge is -2.40. The number of hydrogen-bond acceptors (Lipinski definition) is 6. The summed E-state index contributed by atoms with van der Waals surface area (Å²) in [4.78, 5) is 10.0. The van der Waals surface area contributed by atoms with Gasteiger partial charge in [-0.1, -0.05) is 18.0 Å². The Kier molecular flexibility index (Phi) is 7.35. The molecule has 12 heteroatoms. The van der Waals surface area contributed by atoms with E-state index in [4.69, 9.17) is 21.1 Å². The molecule has 200 valence electrons. The van der Waals surface area contributed by atoms with Gasteiger partial charge < -0.3 is 14.4 Å². The highest BCUT2D eigenvalue weighted by Gasteiger charge is 2.48. The number of alkyl halides is 3. The molecule has 1 aromatic heterocycles. The molecule has 2 fully saturated rings. The number of aromatic nitrogens is 2. The molecule has 2 heterocycles. The summed E-state index contributed by atoms with van der Waals surface area (Å²) in [6.45, 7) is 1.01. The molecule has 0 radical (unpaired) electrons. The Hall–Kier alpha value is -2.06. The Morgan fingerprint density at radius 1 is 1.32 bits per heavy atom. The number of hydrogen-bond donors (Lipinski definition) is 0. The molecule has 3 unspecified atom stereocenters. The molecule has 5 atom stereocenters. The first kappa shape index (κ1) is 26.5. The van der Waals surface area contributed by atoms with Crippen LogP contribution in [0.2, 0.25) is 5.02 Å². The van der Waals surface area contributed by atoms with Gasteiger partial charge in [0.1, 0.15) is 28.6 Å². The highest BCUT2D eigenvalue weighted by molar-refractivity contribution is 9.10. The number of nitrogens with zero attached hydrogens (tertiary/aromatic N) is 4. The van der Waals surface area contributed by atoms with Crippen LogP contribution >= 0.6 is 27.5 Å².